The van der Waals surface area contributed by atoms with E-state index in [9.17, 15) is 0 Å². The number of para-hydroxylation sites is 1. The molecule has 0 saturated heterocycles. The number of aromatic nitrogens is 2. The molecule has 0 atom stereocenters. The lowest BCUT2D eigenvalue weighted by Crippen LogP contribution is -2.33. The van der Waals surface area contributed by atoms with E-state index in [1.54, 1.807) is 0 Å². The van der Waals surface area contributed by atoms with Gasteiger partial charge in [-0.15, -0.1) is 0 Å². The van der Waals surface area contributed by atoms with E-state index >= 15 is 0 Å². The lowest BCUT2D eigenvalue weighted by Gasteiger charge is -2.36. The second kappa shape index (κ2) is 5.57. The highest BCUT2D eigenvalue weighted by molar-refractivity contribution is 8.00. The van der Waals surface area contributed by atoms with Gasteiger partial charge in [0.05, 0.1) is 11.0 Å². The Labute approximate surface area is 130 Å². The van der Waals surface area contributed by atoms with Gasteiger partial charge in [-0.05, 0) is 49.9 Å². The molecule has 2 nitrogen and oxygen atoms in total. The molecule has 1 N–H and O–H groups in total. The first-order valence-corrected chi connectivity index (χ1v) is 9.02. The summed E-state index contributed by atoms with van der Waals surface area (Å²) in [5, 5.41) is 0. The normalized spacial score (nSPS) is 18.5. The molecular formula is C16H22N2S2. The Hall–Kier alpha value is -0.740. The Morgan fingerprint density at radius 2 is 2.05 bits per heavy atom. The summed E-state index contributed by atoms with van der Waals surface area (Å²) in [4.78, 5) is 3.37. The molecule has 0 radical (unpaired) electrons. The fraction of sp³-hybridized carbons (Fsp3) is 0.562. The van der Waals surface area contributed by atoms with Gasteiger partial charge in [0.2, 0.25) is 0 Å². The molecule has 0 bridgehead atoms. The van der Waals surface area contributed by atoms with E-state index in [1.807, 2.05) is 11.8 Å². The molecule has 1 fully saturated rings. The smallest absolute Gasteiger partial charge is 0.178 e. The van der Waals surface area contributed by atoms with Gasteiger partial charge in [-0.25, -0.2) is 0 Å². The molecule has 2 aromatic rings. The van der Waals surface area contributed by atoms with E-state index in [4.69, 9.17) is 12.2 Å². The van der Waals surface area contributed by atoms with Gasteiger partial charge in [0.25, 0.3) is 0 Å². The number of fused-ring (bicyclic) bond motifs is 1. The standard InChI is InChI=1S/C16H22N2S2/c1-12-7-6-8-13-14(12)18(15(19)17-13)11-16(20-2)9-4-3-5-10-16/h6-8H,3-5,9-11H2,1-2H3,(H,17,19). The Balaban J connectivity index is 2.06. The molecule has 20 heavy (non-hydrogen) atoms. The Bertz CT molecular complexity index is 663. The molecule has 3 rings (SSSR count). The molecule has 108 valence electrons. The Morgan fingerprint density at radius 1 is 1.30 bits per heavy atom. The fourth-order valence-electron chi connectivity index (χ4n) is 3.46. The van der Waals surface area contributed by atoms with E-state index in [-0.39, 0.29) is 0 Å². The van der Waals surface area contributed by atoms with Crippen molar-refractivity contribution in [3.05, 3.63) is 28.5 Å². The third kappa shape index (κ3) is 2.44. The van der Waals surface area contributed by atoms with E-state index in [0.717, 1.165) is 11.3 Å². The Morgan fingerprint density at radius 3 is 2.75 bits per heavy atom. The van der Waals surface area contributed by atoms with Crippen molar-refractivity contribution in [1.29, 1.82) is 0 Å². The average molecular weight is 307 g/mol. The number of nitrogens with zero attached hydrogens (tertiary/aromatic N) is 1. The maximum Gasteiger partial charge on any atom is 0.178 e. The molecular weight excluding hydrogens is 284 g/mol. The van der Waals surface area contributed by atoms with Crippen LogP contribution in [0.15, 0.2) is 18.2 Å². The van der Waals surface area contributed by atoms with Gasteiger partial charge in [-0.1, -0.05) is 31.4 Å². The second-order valence-corrected chi connectivity index (χ2v) is 7.60. The first-order valence-electron chi connectivity index (χ1n) is 7.38. The summed E-state index contributed by atoms with van der Waals surface area (Å²) in [5.41, 5.74) is 3.76. The van der Waals surface area contributed by atoms with E-state index in [2.05, 4.69) is 40.9 Å². The number of hydrogen-bond acceptors (Lipinski definition) is 2. The summed E-state index contributed by atoms with van der Waals surface area (Å²) < 4.78 is 3.57. The SMILES string of the molecule is CSC1(Cn2c(=S)[nH]c3cccc(C)c32)CCCCC1. The summed E-state index contributed by atoms with van der Waals surface area (Å²) in [5.74, 6) is 0. The maximum atomic E-state index is 5.58. The number of benzene rings is 1. The topological polar surface area (TPSA) is 20.7 Å². The van der Waals surface area contributed by atoms with Crippen LogP contribution < -0.4 is 0 Å². The van der Waals surface area contributed by atoms with Crippen molar-refractivity contribution in [2.75, 3.05) is 6.26 Å². The zero-order valence-corrected chi connectivity index (χ0v) is 13.9. The minimum Gasteiger partial charge on any atom is -0.331 e. The van der Waals surface area contributed by atoms with Crippen LogP contribution in [0.25, 0.3) is 11.0 Å². The summed E-state index contributed by atoms with van der Waals surface area (Å²) >= 11 is 7.61. The van der Waals surface area contributed by atoms with Gasteiger partial charge >= 0.3 is 0 Å². The summed E-state index contributed by atoms with van der Waals surface area (Å²) in [6.45, 7) is 3.21. The van der Waals surface area contributed by atoms with Crippen molar-refractivity contribution < 1.29 is 0 Å². The van der Waals surface area contributed by atoms with Crippen LogP contribution in [0.4, 0.5) is 0 Å². The molecule has 1 aromatic carbocycles. The molecule has 4 heteroatoms. The van der Waals surface area contributed by atoms with Crippen LogP contribution >= 0.6 is 24.0 Å². The minimum atomic E-state index is 0.369. The minimum absolute atomic E-state index is 0.369. The van der Waals surface area contributed by atoms with Crippen LogP contribution in [0.3, 0.4) is 0 Å². The van der Waals surface area contributed by atoms with E-state index < -0.39 is 0 Å². The number of imidazole rings is 1. The number of nitrogens with one attached hydrogen (secondary N) is 1. The van der Waals surface area contributed by atoms with Crippen molar-refractivity contribution in [1.82, 2.24) is 9.55 Å². The van der Waals surface area contributed by atoms with Crippen molar-refractivity contribution in [3.63, 3.8) is 0 Å². The monoisotopic (exact) mass is 306 g/mol. The van der Waals surface area contributed by atoms with E-state index in [0.29, 0.717) is 4.75 Å². The first kappa shape index (κ1) is 14.2. The van der Waals surface area contributed by atoms with Crippen LogP contribution in [-0.2, 0) is 6.54 Å². The number of H-pyrrole nitrogens is 1. The van der Waals surface area contributed by atoms with Gasteiger partial charge in [0.1, 0.15) is 0 Å². The van der Waals surface area contributed by atoms with Gasteiger partial charge in [-0.2, -0.15) is 11.8 Å². The number of hydrogen-bond donors (Lipinski definition) is 1. The average Bonchev–Trinajstić information content (AvgIpc) is 2.77. The zero-order valence-electron chi connectivity index (χ0n) is 12.2. The number of aryl methyl sites for hydroxylation is 1. The molecule has 0 aliphatic heterocycles. The fourth-order valence-corrected chi connectivity index (χ4v) is 4.69. The molecule has 1 heterocycles. The molecule has 0 amide bonds. The molecule has 1 aliphatic rings. The second-order valence-electron chi connectivity index (χ2n) is 5.94. The number of thioether (sulfide) groups is 1. The van der Waals surface area contributed by atoms with Crippen LogP contribution in [0.1, 0.15) is 37.7 Å². The number of aromatic amines is 1. The van der Waals surface area contributed by atoms with E-state index in [1.165, 1.54) is 48.7 Å². The van der Waals surface area contributed by atoms with Crippen LogP contribution in [-0.4, -0.2) is 20.6 Å². The molecule has 1 aromatic heterocycles. The highest BCUT2D eigenvalue weighted by atomic mass is 32.2. The Kier molecular flexibility index (Phi) is 3.95. The molecule has 0 spiro atoms. The van der Waals surface area contributed by atoms with Gasteiger partial charge < -0.3 is 9.55 Å². The maximum absolute atomic E-state index is 5.58. The highest BCUT2D eigenvalue weighted by Crippen LogP contribution is 2.40. The largest absolute Gasteiger partial charge is 0.331 e. The van der Waals surface area contributed by atoms with Gasteiger partial charge in [0.15, 0.2) is 4.77 Å². The van der Waals surface area contributed by atoms with Crippen molar-refractivity contribution in [2.45, 2.75) is 50.3 Å². The van der Waals surface area contributed by atoms with Crippen LogP contribution in [0, 0.1) is 11.7 Å². The summed E-state index contributed by atoms with van der Waals surface area (Å²) in [6, 6.07) is 6.40. The summed E-state index contributed by atoms with van der Waals surface area (Å²) in [7, 11) is 0. The molecule has 1 saturated carbocycles. The molecule has 1 aliphatic carbocycles. The van der Waals surface area contributed by atoms with Crippen LogP contribution in [0.5, 0.6) is 0 Å². The predicted molar refractivity (Wildman–Crippen MR) is 91.2 cm³/mol. The van der Waals surface area contributed by atoms with Crippen LogP contribution in [0.2, 0.25) is 0 Å². The zero-order chi connectivity index (χ0) is 14.2. The van der Waals surface area contributed by atoms with Gasteiger partial charge in [0, 0.05) is 11.3 Å². The predicted octanol–water partition coefficient (Wildman–Crippen LogP) is 5.07. The highest BCUT2D eigenvalue weighted by Gasteiger charge is 2.32. The first-order chi connectivity index (χ1) is 9.65. The van der Waals surface area contributed by atoms with Crippen molar-refractivity contribution in [3.8, 4) is 0 Å². The lowest BCUT2D eigenvalue weighted by atomic mass is 9.88. The molecule has 0 unspecified atom stereocenters. The third-order valence-corrected chi connectivity index (χ3v) is 6.36. The van der Waals surface area contributed by atoms with Crippen molar-refractivity contribution >= 4 is 35.0 Å². The van der Waals surface area contributed by atoms with Crippen molar-refractivity contribution in [2.24, 2.45) is 0 Å². The van der Waals surface area contributed by atoms with Gasteiger partial charge in [-0.3, -0.25) is 0 Å². The third-order valence-electron chi connectivity index (χ3n) is 4.64. The lowest BCUT2D eigenvalue weighted by molar-refractivity contribution is 0.360. The number of rotatable bonds is 3. The summed E-state index contributed by atoms with van der Waals surface area (Å²) in [6.07, 6.45) is 8.99. The quantitative estimate of drug-likeness (QED) is 0.799.